The van der Waals surface area contributed by atoms with E-state index in [1.165, 1.54) is 6.08 Å². The Hall–Kier alpha value is -3.08. The fourth-order valence-electron chi connectivity index (χ4n) is 2.52. The van der Waals surface area contributed by atoms with Gasteiger partial charge in [0, 0.05) is 23.9 Å². The SMILES string of the molecule is CCN(C(=O)[C@@H](C)OC(=O)/C=C/c1ccccc1OC)c1ccccc1. The van der Waals surface area contributed by atoms with Crippen LogP contribution in [0.5, 0.6) is 5.75 Å². The summed E-state index contributed by atoms with van der Waals surface area (Å²) in [6.07, 6.45) is 2.01. The molecule has 0 radical (unpaired) electrons. The fourth-order valence-corrected chi connectivity index (χ4v) is 2.52. The third kappa shape index (κ3) is 4.96. The summed E-state index contributed by atoms with van der Waals surface area (Å²) in [6.45, 7) is 3.94. The molecule has 26 heavy (non-hydrogen) atoms. The third-order valence-corrected chi connectivity index (χ3v) is 3.83. The Morgan fingerprint density at radius 3 is 2.38 bits per heavy atom. The van der Waals surface area contributed by atoms with Gasteiger partial charge >= 0.3 is 5.97 Å². The van der Waals surface area contributed by atoms with E-state index in [9.17, 15) is 9.59 Å². The lowest BCUT2D eigenvalue weighted by atomic mass is 10.2. The number of likely N-dealkylation sites (N-methyl/N-ethyl adjacent to an activating group) is 1. The van der Waals surface area contributed by atoms with Gasteiger partial charge in [-0.2, -0.15) is 0 Å². The van der Waals surface area contributed by atoms with Crippen LogP contribution in [0.25, 0.3) is 6.08 Å². The first-order valence-electron chi connectivity index (χ1n) is 8.45. The number of ether oxygens (including phenoxy) is 2. The first-order valence-corrected chi connectivity index (χ1v) is 8.45. The molecule has 5 nitrogen and oxygen atoms in total. The van der Waals surface area contributed by atoms with Gasteiger partial charge in [0.05, 0.1) is 7.11 Å². The molecule has 2 rings (SSSR count). The van der Waals surface area contributed by atoms with Crippen molar-refractivity contribution in [1.82, 2.24) is 0 Å². The van der Waals surface area contributed by atoms with Gasteiger partial charge in [0.25, 0.3) is 5.91 Å². The van der Waals surface area contributed by atoms with E-state index < -0.39 is 12.1 Å². The second kappa shape index (κ2) is 9.42. The summed E-state index contributed by atoms with van der Waals surface area (Å²) in [6, 6.07) is 16.6. The van der Waals surface area contributed by atoms with Crippen molar-refractivity contribution in [2.45, 2.75) is 20.0 Å². The maximum absolute atomic E-state index is 12.6. The van der Waals surface area contributed by atoms with Gasteiger partial charge in [0.1, 0.15) is 5.75 Å². The first-order chi connectivity index (χ1) is 12.6. The Morgan fingerprint density at radius 2 is 1.73 bits per heavy atom. The van der Waals surface area contributed by atoms with Gasteiger partial charge in [-0.05, 0) is 38.1 Å². The normalized spacial score (nSPS) is 11.8. The predicted molar refractivity (Wildman–Crippen MR) is 102 cm³/mol. The van der Waals surface area contributed by atoms with Crippen LogP contribution in [0, 0.1) is 0 Å². The average Bonchev–Trinajstić information content (AvgIpc) is 2.67. The Kier molecular flexibility index (Phi) is 6.97. The lowest BCUT2D eigenvalue weighted by Crippen LogP contribution is -2.39. The second-order valence-corrected chi connectivity index (χ2v) is 5.57. The molecular formula is C21H23NO4. The molecule has 0 spiro atoms. The third-order valence-electron chi connectivity index (χ3n) is 3.83. The highest BCUT2D eigenvalue weighted by Crippen LogP contribution is 2.19. The Labute approximate surface area is 153 Å². The van der Waals surface area contributed by atoms with Crippen LogP contribution in [0.2, 0.25) is 0 Å². The van der Waals surface area contributed by atoms with Crippen LogP contribution in [0.1, 0.15) is 19.4 Å². The number of hydrogen-bond acceptors (Lipinski definition) is 4. The van der Waals surface area contributed by atoms with E-state index in [1.807, 2.05) is 55.5 Å². The van der Waals surface area contributed by atoms with Gasteiger partial charge in [-0.3, -0.25) is 4.79 Å². The molecule has 0 aliphatic rings. The highest BCUT2D eigenvalue weighted by molar-refractivity contribution is 5.98. The molecule has 0 aromatic heterocycles. The molecular weight excluding hydrogens is 330 g/mol. The van der Waals surface area contributed by atoms with Gasteiger partial charge in [-0.15, -0.1) is 0 Å². The maximum atomic E-state index is 12.6. The summed E-state index contributed by atoms with van der Waals surface area (Å²) in [5.74, 6) is -0.194. The molecule has 0 unspecified atom stereocenters. The molecule has 0 fully saturated rings. The number of rotatable bonds is 7. The predicted octanol–water partition coefficient (Wildman–Crippen LogP) is 3.69. The van der Waals surface area contributed by atoms with Crippen LogP contribution in [-0.4, -0.2) is 31.6 Å². The molecule has 0 aliphatic heterocycles. The number of hydrogen-bond donors (Lipinski definition) is 0. The molecule has 0 aliphatic carbocycles. The van der Waals surface area contributed by atoms with Crippen molar-refractivity contribution < 1.29 is 19.1 Å². The molecule has 0 N–H and O–H groups in total. The van der Waals surface area contributed by atoms with Crippen molar-refractivity contribution in [1.29, 1.82) is 0 Å². The van der Waals surface area contributed by atoms with Crippen LogP contribution in [-0.2, 0) is 14.3 Å². The molecule has 2 aromatic carbocycles. The summed E-state index contributed by atoms with van der Waals surface area (Å²) in [4.78, 5) is 26.2. The van der Waals surface area contributed by atoms with Crippen LogP contribution in [0.4, 0.5) is 5.69 Å². The fraction of sp³-hybridized carbons (Fsp3) is 0.238. The number of amides is 1. The summed E-state index contributed by atoms with van der Waals surface area (Å²) in [5, 5.41) is 0. The van der Waals surface area contributed by atoms with Gasteiger partial charge in [-0.25, -0.2) is 4.79 Å². The Bertz CT molecular complexity index is 771. The van der Waals surface area contributed by atoms with Crippen molar-refractivity contribution in [3.05, 3.63) is 66.2 Å². The smallest absolute Gasteiger partial charge is 0.331 e. The summed E-state index contributed by atoms with van der Waals surface area (Å²) < 4.78 is 10.5. The molecule has 0 heterocycles. The number of esters is 1. The van der Waals surface area contributed by atoms with Crippen molar-refractivity contribution in [3.63, 3.8) is 0 Å². The zero-order valence-corrected chi connectivity index (χ0v) is 15.2. The van der Waals surface area contributed by atoms with E-state index in [0.717, 1.165) is 11.3 Å². The highest BCUT2D eigenvalue weighted by atomic mass is 16.5. The van der Waals surface area contributed by atoms with Crippen LogP contribution in [0.15, 0.2) is 60.7 Å². The number of anilines is 1. The van der Waals surface area contributed by atoms with Crippen molar-refractivity contribution in [3.8, 4) is 5.75 Å². The number of nitrogens with zero attached hydrogens (tertiary/aromatic N) is 1. The van der Waals surface area contributed by atoms with Gasteiger partial charge in [0.2, 0.25) is 0 Å². The zero-order chi connectivity index (χ0) is 18.9. The van der Waals surface area contributed by atoms with Crippen LogP contribution >= 0.6 is 0 Å². The number of carbonyl (C=O) groups excluding carboxylic acids is 2. The zero-order valence-electron chi connectivity index (χ0n) is 15.2. The van der Waals surface area contributed by atoms with E-state index in [-0.39, 0.29) is 5.91 Å². The Morgan fingerprint density at radius 1 is 1.08 bits per heavy atom. The van der Waals surface area contributed by atoms with Crippen molar-refractivity contribution >= 4 is 23.6 Å². The summed E-state index contributed by atoms with van der Waals surface area (Å²) in [7, 11) is 1.56. The molecule has 0 saturated carbocycles. The van der Waals surface area contributed by atoms with Crippen LogP contribution < -0.4 is 9.64 Å². The van der Waals surface area contributed by atoms with E-state index in [4.69, 9.17) is 9.47 Å². The highest BCUT2D eigenvalue weighted by Gasteiger charge is 2.23. The second-order valence-electron chi connectivity index (χ2n) is 5.57. The molecule has 1 atom stereocenters. The molecule has 1 amide bonds. The molecule has 2 aromatic rings. The minimum absolute atomic E-state index is 0.266. The van der Waals surface area contributed by atoms with Gasteiger partial charge in [-0.1, -0.05) is 36.4 Å². The monoisotopic (exact) mass is 353 g/mol. The van der Waals surface area contributed by atoms with Gasteiger partial charge in [0.15, 0.2) is 6.10 Å². The Balaban J connectivity index is 2.01. The lowest BCUT2D eigenvalue weighted by molar-refractivity contribution is -0.149. The maximum Gasteiger partial charge on any atom is 0.331 e. The van der Waals surface area contributed by atoms with Crippen molar-refractivity contribution in [2.24, 2.45) is 0 Å². The van der Waals surface area contributed by atoms with Gasteiger partial charge < -0.3 is 14.4 Å². The first kappa shape index (κ1) is 19.2. The number of para-hydroxylation sites is 2. The molecule has 0 saturated heterocycles. The number of methoxy groups -OCH3 is 1. The molecule has 0 bridgehead atoms. The van der Waals surface area contributed by atoms with Crippen LogP contribution in [0.3, 0.4) is 0 Å². The van der Waals surface area contributed by atoms with E-state index >= 15 is 0 Å². The summed E-state index contributed by atoms with van der Waals surface area (Å²) >= 11 is 0. The molecule has 136 valence electrons. The lowest BCUT2D eigenvalue weighted by Gasteiger charge is -2.24. The van der Waals surface area contributed by atoms with E-state index in [1.54, 1.807) is 31.1 Å². The minimum atomic E-state index is -0.884. The summed E-state index contributed by atoms with van der Waals surface area (Å²) in [5.41, 5.74) is 1.53. The largest absolute Gasteiger partial charge is 0.496 e. The standard InChI is InChI=1S/C21H23NO4/c1-4-22(18-11-6-5-7-12-18)21(24)16(2)26-20(23)15-14-17-10-8-9-13-19(17)25-3/h5-16H,4H2,1-3H3/b15-14+/t16-/m1/s1. The van der Waals surface area contributed by atoms with E-state index in [2.05, 4.69) is 0 Å². The minimum Gasteiger partial charge on any atom is -0.496 e. The number of carbonyl (C=O) groups is 2. The average molecular weight is 353 g/mol. The topological polar surface area (TPSA) is 55.8 Å². The molecule has 5 heteroatoms. The quantitative estimate of drug-likeness (QED) is 0.563. The van der Waals surface area contributed by atoms with E-state index in [0.29, 0.717) is 12.3 Å². The van der Waals surface area contributed by atoms with Crippen molar-refractivity contribution in [2.75, 3.05) is 18.6 Å². The number of benzene rings is 2.